The zero-order valence-electron chi connectivity index (χ0n) is 10.6. The third-order valence-electron chi connectivity index (χ3n) is 3.84. The average molecular weight is 264 g/mol. The zero-order chi connectivity index (χ0) is 12.8. The first kappa shape index (κ1) is 11.8. The molecular weight excluding hydrogens is 246 g/mol. The van der Waals surface area contributed by atoms with Crippen molar-refractivity contribution in [1.82, 2.24) is 0 Å². The van der Waals surface area contributed by atoms with Crippen LogP contribution >= 0.6 is 11.6 Å². The van der Waals surface area contributed by atoms with Crippen molar-refractivity contribution in [2.45, 2.75) is 31.7 Å². The molecule has 3 nitrogen and oxygen atoms in total. The molecule has 3 rings (SSSR count). The predicted molar refractivity (Wildman–Crippen MR) is 76.2 cm³/mol. The van der Waals surface area contributed by atoms with Gasteiger partial charge in [-0.25, -0.2) is 0 Å². The Kier molecular flexibility index (Phi) is 2.74. The summed E-state index contributed by atoms with van der Waals surface area (Å²) in [5.74, 6) is 1.46. The summed E-state index contributed by atoms with van der Waals surface area (Å²) < 4.78 is 0. The lowest BCUT2D eigenvalue weighted by molar-refractivity contribution is 0.435. The minimum atomic E-state index is 0.00985. The number of guanidine groups is 1. The SMILES string of the molecule is CC1(CC2CC2)CN=C(N)N1c1cccc(Cl)c1. The Morgan fingerprint density at radius 3 is 2.94 bits per heavy atom. The van der Waals surface area contributed by atoms with E-state index in [0.29, 0.717) is 5.96 Å². The molecule has 4 heteroatoms. The smallest absolute Gasteiger partial charge is 0.196 e. The average Bonchev–Trinajstić information content (AvgIpc) is 3.05. The number of nitrogens with zero attached hydrogens (tertiary/aromatic N) is 2. The van der Waals surface area contributed by atoms with Crippen molar-refractivity contribution in [3.8, 4) is 0 Å². The lowest BCUT2D eigenvalue weighted by Crippen LogP contribution is -2.50. The molecule has 0 aromatic heterocycles. The molecule has 1 aromatic rings. The first-order valence-corrected chi connectivity index (χ1v) is 6.82. The predicted octanol–water partition coefficient (Wildman–Crippen LogP) is 3.03. The van der Waals surface area contributed by atoms with Gasteiger partial charge in [0.15, 0.2) is 5.96 Å². The second kappa shape index (κ2) is 4.16. The van der Waals surface area contributed by atoms with Gasteiger partial charge in [0.25, 0.3) is 0 Å². The van der Waals surface area contributed by atoms with Gasteiger partial charge in [0.1, 0.15) is 0 Å². The van der Waals surface area contributed by atoms with E-state index < -0.39 is 0 Å². The molecule has 1 fully saturated rings. The van der Waals surface area contributed by atoms with Crippen LogP contribution < -0.4 is 10.6 Å². The Labute approximate surface area is 113 Å². The number of nitrogens with two attached hydrogens (primary N) is 1. The topological polar surface area (TPSA) is 41.6 Å². The van der Waals surface area contributed by atoms with Gasteiger partial charge >= 0.3 is 0 Å². The van der Waals surface area contributed by atoms with Crippen LogP contribution in [-0.4, -0.2) is 18.0 Å². The van der Waals surface area contributed by atoms with Crippen LogP contribution in [0.25, 0.3) is 0 Å². The number of hydrogen-bond donors (Lipinski definition) is 1. The number of anilines is 1. The molecule has 0 radical (unpaired) electrons. The van der Waals surface area contributed by atoms with Gasteiger partial charge in [-0.05, 0) is 37.5 Å². The maximum atomic E-state index is 6.07. The molecule has 2 N–H and O–H groups in total. The molecule has 0 spiro atoms. The summed E-state index contributed by atoms with van der Waals surface area (Å²) >= 11 is 6.07. The minimum absolute atomic E-state index is 0.00985. The molecule has 0 amide bonds. The molecule has 0 bridgehead atoms. The zero-order valence-corrected chi connectivity index (χ0v) is 11.3. The Morgan fingerprint density at radius 2 is 2.28 bits per heavy atom. The molecule has 0 saturated heterocycles. The van der Waals surface area contributed by atoms with Crippen LogP contribution in [0.5, 0.6) is 0 Å². The van der Waals surface area contributed by atoms with E-state index >= 15 is 0 Å². The largest absolute Gasteiger partial charge is 0.369 e. The molecule has 96 valence electrons. The Bertz CT molecular complexity index is 496. The van der Waals surface area contributed by atoms with E-state index in [-0.39, 0.29) is 5.54 Å². The molecule has 1 saturated carbocycles. The van der Waals surface area contributed by atoms with E-state index in [1.54, 1.807) is 0 Å². The van der Waals surface area contributed by atoms with Gasteiger partial charge in [0.2, 0.25) is 0 Å². The number of halogens is 1. The molecule has 1 heterocycles. The van der Waals surface area contributed by atoms with Gasteiger partial charge in [-0.3, -0.25) is 4.99 Å². The Balaban J connectivity index is 1.93. The van der Waals surface area contributed by atoms with Crippen molar-refractivity contribution in [2.24, 2.45) is 16.6 Å². The van der Waals surface area contributed by atoms with Crippen molar-refractivity contribution in [3.63, 3.8) is 0 Å². The Hall–Kier alpha value is -1.22. The summed E-state index contributed by atoms with van der Waals surface area (Å²) in [5, 5.41) is 0.737. The lowest BCUT2D eigenvalue weighted by Gasteiger charge is -2.36. The van der Waals surface area contributed by atoms with Gasteiger partial charge in [0, 0.05) is 10.7 Å². The third kappa shape index (κ3) is 2.07. The number of hydrogen-bond acceptors (Lipinski definition) is 3. The van der Waals surface area contributed by atoms with Crippen LogP contribution in [0.15, 0.2) is 29.3 Å². The van der Waals surface area contributed by atoms with E-state index in [1.807, 2.05) is 24.3 Å². The summed E-state index contributed by atoms with van der Waals surface area (Å²) in [7, 11) is 0. The summed E-state index contributed by atoms with van der Waals surface area (Å²) in [6.07, 6.45) is 3.85. The molecular formula is C14H18ClN3. The first-order valence-electron chi connectivity index (χ1n) is 6.44. The highest BCUT2D eigenvalue weighted by Gasteiger charge is 2.42. The van der Waals surface area contributed by atoms with E-state index in [0.717, 1.165) is 29.6 Å². The van der Waals surface area contributed by atoms with E-state index in [4.69, 9.17) is 17.3 Å². The van der Waals surface area contributed by atoms with Crippen molar-refractivity contribution >= 4 is 23.2 Å². The fraction of sp³-hybridized carbons (Fsp3) is 0.500. The molecule has 18 heavy (non-hydrogen) atoms. The molecule has 2 aliphatic rings. The van der Waals surface area contributed by atoms with E-state index in [9.17, 15) is 0 Å². The number of benzene rings is 1. The molecule has 1 unspecified atom stereocenters. The van der Waals surface area contributed by atoms with E-state index in [1.165, 1.54) is 12.8 Å². The monoisotopic (exact) mass is 263 g/mol. The minimum Gasteiger partial charge on any atom is -0.369 e. The van der Waals surface area contributed by atoms with Gasteiger partial charge < -0.3 is 10.6 Å². The van der Waals surface area contributed by atoms with Gasteiger partial charge in [-0.15, -0.1) is 0 Å². The lowest BCUT2D eigenvalue weighted by atomic mass is 9.93. The Morgan fingerprint density at radius 1 is 1.50 bits per heavy atom. The highest BCUT2D eigenvalue weighted by Crippen LogP contribution is 2.42. The van der Waals surface area contributed by atoms with Crippen LogP contribution in [0.3, 0.4) is 0 Å². The van der Waals surface area contributed by atoms with Crippen molar-refractivity contribution < 1.29 is 0 Å². The molecule has 1 aliphatic carbocycles. The van der Waals surface area contributed by atoms with Gasteiger partial charge in [-0.1, -0.05) is 30.5 Å². The maximum absolute atomic E-state index is 6.07. The first-order chi connectivity index (χ1) is 8.58. The van der Waals surface area contributed by atoms with Crippen LogP contribution in [0.2, 0.25) is 5.02 Å². The molecule has 1 aliphatic heterocycles. The maximum Gasteiger partial charge on any atom is 0.196 e. The number of rotatable bonds is 3. The van der Waals surface area contributed by atoms with Gasteiger partial charge in [0.05, 0.1) is 12.1 Å². The van der Waals surface area contributed by atoms with Gasteiger partial charge in [-0.2, -0.15) is 0 Å². The highest BCUT2D eigenvalue weighted by molar-refractivity contribution is 6.31. The fourth-order valence-electron chi connectivity index (χ4n) is 2.83. The van der Waals surface area contributed by atoms with Crippen molar-refractivity contribution in [3.05, 3.63) is 29.3 Å². The summed E-state index contributed by atoms with van der Waals surface area (Å²) in [4.78, 5) is 6.58. The van der Waals surface area contributed by atoms with Crippen LogP contribution in [0.4, 0.5) is 5.69 Å². The normalized spacial score (nSPS) is 27.4. The highest BCUT2D eigenvalue weighted by atomic mass is 35.5. The van der Waals surface area contributed by atoms with E-state index in [2.05, 4.69) is 16.8 Å². The van der Waals surface area contributed by atoms with Crippen LogP contribution in [-0.2, 0) is 0 Å². The summed E-state index contributed by atoms with van der Waals surface area (Å²) in [6, 6.07) is 7.85. The molecule has 1 aromatic carbocycles. The van der Waals surface area contributed by atoms with Crippen LogP contribution in [0.1, 0.15) is 26.2 Å². The summed E-state index contributed by atoms with van der Waals surface area (Å²) in [5.41, 5.74) is 7.12. The number of aliphatic imine (C=N–C) groups is 1. The second-order valence-electron chi connectivity index (χ2n) is 5.63. The summed E-state index contributed by atoms with van der Waals surface area (Å²) in [6.45, 7) is 3.03. The standard InChI is InChI=1S/C14H18ClN3/c1-14(8-10-5-6-10)9-17-13(16)18(14)12-4-2-3-11(15)7-12/h2-4,7,10H,5-6,8-9H2,1H3,(H2,16,17). The quantitative estimate of drug-likeness (QED) is 0.911. The second-order valence-corrected chi connectivity index (χ2v) is 6.07. The third-order valence-corrected chi connectivity index (χ3v) is 4.08. The van der Waals surface area contributed by atoms with Crippen LogP contribution in [0, 0.1) is 5.92 Å². The van der Waals surface area contributed by atoms with Crippen molar-refractivity contribution in [1.29, 1.82) is 0 Å². The fourth-order valence-corrected chi connectivity index (χ4v) is 3.01. The van der Waals surface area contributed by atoms with Crippen molar-refractivity contribution in [2.75, 3.05) is 11.4 Å². The molecule has 1 atom stereocenters.